The fraction of sp³-hybridized carbons (Fsp3) is 0. The van der Waals surface area contributed by atoms with Gasteiger partial charge in [0.2, 0.25) is 5.82 Å². The molecule has 2 aromatic rings. The van der Waals surface area contributed by atoms with Gasteiger partial charge in [0.15, 0.2) is 0 Å². The SMILES string of the molecule is Nc1nc(Nc2ccsc2)ccc1[N+](=O)[O-]. The van der Waals surface area contributed by atoms with E-state index in [-0.39, 0.29) is 11.5 Å². The van der Waals surface area contributed by atoms with Crippen LogP contribution in [0.2, 0.25) is 0 Å². The van der Waals surface area contributed by atoms with Crippen LogP contribution in [-0.4, -0.2) is 9.91 Å². The number of nitro groups is 1. The first kappa shape index (κ1) is 10.4. The Morgan fingerprint density at radius 1 is 1.44 bits per heavy atom. The van der Waals surface area contributed by atoms with E-state index in [2.05, 4.69) is 10.3 Å². The van der Waals surface area contributed by atoms with Gasteiger partial charge in [-0.05, 0) is 17.5 Å². The first-order valence-corrected chi connectivity index (χ1v) is 5.31. The third-order valence-electron chi connectivity index (χ3n) is 1.89. The zero-order valence-corrected chi connectivity index (χ0v) is 8.90. The topological polar surface area (TPSA) is 94.1 Å². The van der Waals surface area contributed by atoms with Crippen molar-refractivity contribution in [1.29, 1.82) is 0 Å². The van der Waals surface area contributed by atoms with Crippen LogP contribution in [0.15, 0.2) is 29.0 Å². The minimum Gasteiger partial charge on any atom is -0.378 e. The fourth-order valence-corrected chi connectivity index (χ4v) is 1.76. The van der Waals surface area contributed by atoms with Crippen LogP contribution in [0.3, 0.4) is 0 Å². The Labute approximate surface area is 94.9 Å². The number of rotatable bonds is 3. The van der Waals surface area contributed by atoms with Gasteiger partial charge in [-0.25, -0.2) is 4.98 Å². The summed E-state index contributed by atoms with van der Waals surface area (Å²) in [6.45, 7) is 0. The molecule has 0 aliphatic carbocycles. The van der Waals surface area contributed by atoms with E-state index < -0.39 is 4.92 Å². The van der Waals surface area contributed by atoms with Crippen LogP contribution in [0.1, 0.15) is 0 Å². The van der Waals surface area contributed by atoms with E-state index in [1.165, 1.54) is 12.1 Å². The molecule has 2 rings (SSSR count). The summed E-state index contributed by atoms with van der Waals surface area (Å²) in [5.74, 6) is 0.395. The zero-order chi connectivity index (χ0) is 11.5. The van der Waals surface area contributed by atoms with Crippen molar-refractivity contribution in [2.75, 3.05) is 11.1 Å². The number of hydrogen-bond donors (Lipinski definition) is 2. The van der Waals surface area contributed by atoms with Crippen molar-refractivity contribution in [3.05, 3.63) is 39.1 Å². The molecule has 0 aromatic carbocycles. The highest BCUT2D eigenvalue weighted by molar-refractivity contribution is 7.08. The highest BCUT2D eigenvalue weighted by Crippen LogP contribution is 2.23. The summed E-state index contributed by atoms with van der Waals surface area (Å²) < 4.78 is 0. The Morgan fingerprint density at radius 2 is 2.25 bits per heavy atom. The normalized spacial score (nSPS) is 10.0. The van der Waals surface area contributed by atoms with Crippen molar-refractivity contribution in [1.82, 2.24) is 4.98 Å². The number of anilines is 3. The second-order valence-corrected chi connectivity index (χ2v) is 3.78. The van der Waals surface area contributed by atoms with Crippen molar-refractivity contribution < 1.29 is 4.92 Å². The maximum Gasteiger partial charge on any atom is 0.311 e. The first-order valence-electron chi connectivity index (χ1n) is 4.37. The van der Waals surface area contributed by atoms with Gasteiger partial charge in [-0.1, -0.05) is 0 Å². The van der Waals surface area contributed by atoms with Gasteiger partial charge in [0.25, 0.3) is 0 Å². The summed E-state index contributed by atoms with van der Waals surface area (Å²) in [6.07, 6.45) is 0. The fourth-order valence-electron chi connectivity index (χ4n) is 1.18. The molecule has 2 aromatic heterocycles. The molecule has 0 saturated carbocycles. The lowest BCUT2D eigenvalue weighted by atomic mass is 10.3. The van der Waals surface area contributed by atoms with Gasteiger partial charge in [0.05, 0.1) is 10.6 Å². The van der Waals surface area contributed by atoms with E-state index in [1.807, 2.05) is 16.8 Å². The number of nitrogens with two attached hydrogens (primary N) is 1. The summed E-state index contributed by atoms with van der Waals surface area (Å²) in [4.78, 5) is 13.9. The van der Waals surface area contributed by atoms with Crippen LogP contribution in [0.4, 0.5) is 23.0 Å². The van der Waals surface area contributed by atoms with E-state index in [9.17, 15) is 10.1 Å². The van der Waals surface area contributed by atoms with Gasteiger partial charge >= 0.3 is 5.69 Å². The molecule has 0 bridgehead atoms. The molecule has 0 spiro atoms. The van der Waals surface area contributed by atoms with Crippen LogP contribution < -0.4 is 11.1 Å². The highest BCUT2D eigenvalue weighted by Gasteiger charge is 2.12. The quantitative estimate of drug-likeness (QED) is 0.630. The van der Waals surface area contributed by atoms with Crippen LogP contribution in [0, 0.1) is 10.1 Å². The third-order valence-corrected chi connectivity index (χ3v) is 2.58. The van der Waals surface area contributed by atoms with Gasteiger partial charge < -0.3 is 11.1 Å². The number of nitrogens with one attached hydrogen (secondary N) is 1. The van der Waals surface area contributed by atoms with E-state index in [0.717, 1.165) is 5.69 Å². The van der Waals surface area contributed by atoms with Crippen LogP contribution in [0.5, 0.6) is 0 Å². The molecule has 0 aliphatic heterocycles. The molecule has 0 unspecified atom stereocenters. The molecule has 3 N–H and O–H groups in total. The van der Waals surface area contributed by atoms with Crippen molar-refractivity contribution in [3.63, 3.8) is 0 Å². The second kappa shape index (κ2) is 4.15. The molecule has 0 aliphatic rings. The number of aromatic nitrogens is 1. The van der Waals surface area contributed by atoms with E-state index in [1.54, 1.807) is 11.3 Å². The maximum absolute atomic E-state index is 10.5. The minimum atomic E-state index is -0.559. The Kier molecular flexibility index (Phi) is 2.69. The average Bonchev–Trinajstić information content (AvgIpc) is 2.70. The number of nitrogens with zero attached hydrogens (tertiary/aromatic N) is 2. The lowest BCUT2D eigenvalue weighted by Crippen LogP contribution is -2.01. The lowest BCUT2D eigenvalue weighted by Gasteiger charge is -2.03. The van der Waals surface area contributed by atoms with Gasteiger partial charge in [0.1, 0.15) is 5.82 Å². The standard InChI is InChI=1S/C9H8N4O2S/c10-9-7(13(14)15)1-2-8(12-9)11-6-3-4-16-5-6/h1-5H,(H3,10,11,12). The lowest BCUT2D eigenvalue weighted by molar-refractivity contribution is -0.384. The van der Waals surface area contributed by atoms with E-state index in [4.69, 9.17) is 5.73 Å². The van der Waals surface area contributed by atoms with Crippen molar-refractivity contribution >= 4 is 34.3 Å². The molecule has 7 heteroatoms. The molecule has 6 nitrogen and oxygen atoms in total. The summed E-state index contributed by atoms with van der Waals surface area (Å²) >= 11 is 1.54. The van der Waals surface area contributed by atoms with Crippen molar-refractivity contribution in [3.8, 4) is 0 Å². The van der Waals surface area contributed by atoms with E-state index in [0.29, 0.717) is 5.82 Å². The summed E-state index contributed by atoms with van der Waals surface area (Å²) in [5, 5.41) is 17.3. The van der Waals surface area contributed by atoms with Crippen molar-refractivity contribution in [2.24, 2.45) is 0 Å². The Balaban J connectivity index is 2.24. The van der Waals surface area contributed by atoms with Crippen molar-refractivity contribution in [2.45, 2.75) is 0 Å². The Morgan fingerprint density at radius 3 is 2.81 bits per heavy atom. The monoisotopic (exact) mass is 236 g/mol. The molecule has 0 radical (unpaired) electrons. The number of pyridine rings is 1. The highest BCUT2D eigenvalue weighted by atomic mass is 32.1. The molecule has 82 valence electrons. The number of thiophene rings is 1. The molecular weight excluding hydrogens is 228 g/mol. The van der Waals surface area contributed by atoms with Crippen LogP contribution >= 0.6 is 11.3 Å². The molecule has 0 fully saturated rings. The zero-order valence-electron chi connectivity index (χ0n) is 8.08. The molecule has 0 saturated heterocycles. The molecule has 0 atom stereocenters. The van der Waals surface area contributed by atoms with Gasteiger partial charge in [-0.15, -0.1) is 0 Å². The van der Waals surface area contributed by atoms with Gasteiger partial charge in [0, 0.05) is 11.4 Å². The predicted molar refractivity (Wildman–Crippen MR) is 62.9 cm³/mol. The smallest absolute Gasteiger partial charge is 0.311 e. The van der Waals surface area contributed by atoms with Crippen LogP contribution in [-0.2, 0) is 0 Å². The number of hydrogen-bond acceptors (Lipinski definition) is 6. The largest absolute Gasteiger partial charge is 0.378 e. The molecule has 0 amide bonds. The number of nitrogen functional groups attached to an aromatic ring is 1. The molecule has 16 heavy (non-hydrogen) atoms. The Hall–Kier alpha value is -2.15. The maximum atomic E-state index is 10.5. The van der Waals surface area contributed by atoms with E-state index >= 15 is 0 Å². The minimum absolute atomic E-state index is 0.0924. The summed E-state index contributed by atoms with van der Waals surface area (Å²) in [7, 11) is 0. The summed E-state index contributed by atoms with van der Waals surface area (Å²) in [6, 6.07) is 4.73. The first-order chi connectivity index (χ1) is 7.66. The van der Waals surface area contributed by atoms with Gasteiger partial charge in [-0.3, -0.25) is 10.1 Å². The van der Waals surface area contributed by atoms with Gasteiger partial charge in [-0.2, -0.15) is 11.3 Å². The predicted octanol–water partition coefficient (Wildman–Crippen LogP) is 2.38. The second-order valence-electron chi connectivity index (χ2n) is 2.99. The molecular formula is C9H8N4O2S. The molecule has 2 heterocycles. The summed E-state index contributed by atoms with van der Waals surface area (Å²) in [5.41, 5.74) is 6.16. The Bertz CT molecular complexity index is 512. The third kappa shape index (κ3) is 2.09. The van der Waals surface area contributed by atoms with Crippen LogP contribution in [0.25, 0.3) is 0 Å². The average molecular weight is 236 g/mol.